The Kier molecular flexibility index (Phi) is 8.92. The number of aromatic nitrogens is 3. The minimum Gasteiger partial charge on any atom is -0.395 e. The largest absolute Gasteiger partial charge is 0.395 e. The lowest BCUT2D eigenvalue weighted by molar-refractivity contribution is -0.110. The van der Waals surface area contributed by atoms with Crippen LogP contribution in [0.15, 0.2) is 34.6 Å². The highest BCUT2D eigenvalue weighted by atomic mass is 16.5. The first-order chi connectivity index (χ1) is 17.2. The second kappa shape index (κ2) is 11.9. The number of carbonyl (C=O) groups excluding carboxylic acids is 1. The molecule has 0 aliphatic heterocycles. The molecule has 5 N–H and O–H groups in total. The second-order valence-electron chi connectivity index (χ2n) is 8.48. The van der Waals surface area contributed by atoms with Crippen LogP contribution in [0.5, 0.6) is 0 Å². The number of benzene rings is 1. The van der Waals surface area contributed by atoms with Crippen molar-refractivity contribution in [1.82, 2.24) is 19.9 Å². The topological polar surface area (TPSA) is 143 Å². The van der Waals surface area contributed by atoms with Crippen LogP contribution in [0, 0.1) is 6.92 Å². The van der Waals surface area contributed by atoms with Gasteiger partial charge in [0.15, 0.2) is 5.65 Å². The van der Waals surface area contributed by atoms with E-state index < -0.39 is 5.40 Å². The van der Waals surface area contributed by atoms with Gasteiger partial charge in [0, 0.05) is 44.3 Å². The van der Waals surface area contributed by atoms with Gasteiger partial charge in [-0.1, -0.05) is 12.8 Å². The molecule has 1 fully saturated rings. The van der Waals surface area contributed by atoms with Gasteiger partial charge >= 0.3 is 0 Å². The summed E-state index contributed by atoms with van der Waals surface area (Å²) in [5, 5.41) is 19.7. The zero-order chi connectivity index (χ0) is 26.3. The molecule has 0 saturated heterocycles. The van der Waals surface area contributed by atoms with Crippen LogP contribution in [0.4, 0.5) is 28.7 Å². The molecule has 0 bridgehead atoms. The van der Waals surface area contributed by atoms with E-state index in [1.54, 1.807) is 43.0 Å². The second-order valence-corrected chi connectivity index (χ2v) is 8.48. The van der Waals surface area contributed by atoms with E-state index in [-0.39, 0.29) is 0 Å². The number of nitrogens with one attached hydrogen (secondary N) is 3. The molecule has 36 heavy (non-hydrogen) atoms. The molecular formula is C23H31B2N9O2. The molecule has 3 aromatic rings. The molecule has 4 rings (SSSR count). The Morgan fingerprint density at radius 1 is 1.28 bits per heavy atom. The lowest BCUT2D eigenvalue weighted by Gasteiger charge is -2.26. The third-order valence-corrected chi connectivity index (χ3v) is 5.98. The third kappa shape index (κ3) is 6.14. The summed E-state index contributed by atoms with van der Waals surface area (Å²) in [6.45, 7) is 1.93. The van der Waals surface area contributed by atoms with Crippen molar-refractivity contribution in [3.8, 4) is 0 Å². The number of nitrogens with two attached hydrogens (primary N) is 1. The molecule has 0 spiro atoms. The van der Waals surface area contributed by atoms with Gasteiger partial charge in [-0.2, -0.15) is 19.8 Å². The number of amides is 1. The summed E-state index contributed by atoms with van der Waals surface area (Å²) < 4.78 is 6.89. The predicted molar refractivity (Wildman–Crippen MR) is 143 cm³/mol. The van der Waals surface area contributed by atoms with Gasteiger partial charge in [-0.3, -0.25) is 4.79 Å². The molecule has 1 aliphatic carbocycles. The number of nitrogen functional groups attached to an aromatic ring is 1. The molecule has 1 aromatic carbocycles. The standard InChI is InChI=1S/C17H20B2N8O.C6H11NO/c1-9-8-23-27-14(21-2)7-13(25-16(9)27)24-11-5-10(17(18,19)28-4)6-12(15(11)20)26-22-3;8-5-7-6-3-1-2-4-6/h5-8,21H,20H2,1-4H3,(H,24,25);5-6H,1-4H2,(H,7,8). The SMILES string of the molecule is O=CNC1CCCC1.[B]C([B])(OC)c1cc(N=NC)c(N)c(Nc2cc(NC)n3ncc(C)c3n2)c1. The number of nitrogens with zero attached hydrogens (tertiary/aromatic N) is 5. The smallest absolute Gasteiger partial charge is 0.207 e. The van der Waals surface area contributed by atoms with E-state index in [2.05, 4.69) is 36.3 Å². The van der Waals surface area contributed by atoms with Gasteiger partial charge in [0.1, 0.15) is 33.0 Å². The van der Waals surface area contributed by atoms with Gasteiger partial charge in [0.05, 0.1) is 17.6 Å². The minimum atomic E-state index is -1.52. The number of methoxy groups -OCH3 is 1. The molecule has 1 aliphatic rings. The summed E-state index contributed by atoms with van der Waals surface area (Å²) in [6.07, 6.45) is 7.47. The van der Waals surface area contributed by atoms with Crippen molar-refractivity contribution in [1.29, 1.82) is 0 Å². The fourth-order valence-electron chi connectivity index (χ4n) is 3.92. The van der Waals surface area contributed by atoms with Crippen molar-refractivity contribution in [3.05, 3.63) is 35.5 Å². The highest BCUT2D eigenvalue weighted by Crippen LogP contribution is 2.37. The van der Waals surface area contributed by atoms with E-state index in [0.29, 0.717) is 40.1 Å². The maximum atomic E-state index is 9.85. The van der Waals surface area contributed by atoms with Crippen LogP contribution in [0.25, 0.3) is 5.65 Å². The lowest BCUT2D eigenvalue weighted by Crippen LogP contribution is -2.29. The van der Waals surface area contributed by atoms with Crippen molar-refractivity contribution in [2.75, 3.05) is 37.6 Å². The zero-order valence-electron chi connectivity index (χ0n) is 21.1. The van der Waals surface area contributed by atoms with E-state index >= 15 is 0 Å². The maximum absolute atomic E-state index is 9.85. The number of anilines is 4. The van der Waals surface area contributed by atoms with Gasteiger partial charge in [0.2, 0.25) is 6.41 Å². The number of hydrogen-bond acceptors (Lipinski definition) is 9. The predicted octanol–water partition coefficient (Wildman–Crippen LogP) is 2.89. The Morgan fingerprint density at radius 2 is 2.00 bits per heavy atom. The van der Waals surface area contributed by atoms with E-state index in [4.69, 9.17) is 26.2 Å². The number of ether oxygens (including phenoxy) is 1. The number of rotatable bonds is 8. The molecule has 0 atom stereocenters. The van der Waals surface area contributed by atoms with E-state index in [1.165, 1.54) is 32.8 Å². The van der Waals surface area contributed by atoms with Crippen LogP contribution < -0.4 is 21.7 Å². The summed E-state index contributed by atoms with van der Waals surface area (Å²) in [4.78, 5) is 14.5. The minimum absolute atomic E-state index is 0.374. The Hall–Kier alpha value is -3.60. The van der Waals surface area contributed by atoms with E-state index in [1.807, 2.05) is 6.92 Å². The van der Waals surface area contributed by atoms with Gasteiger partial charge < -0.3 is 26.4 Å². The summed E-state index contributed by atoms with van der Waals surface area (Å²) in [7, 11) is 16.8. The number of aryl methyl sites for hydroxylation is 1. The number of hydrogen-bond donors (Lipinski definition) is 4. The van der Waals surface area contributed by atoms with Crippen molar-refractivity contribution in [2.24, 2.45) is 10.2 Å². The summed E-state index contributed by atoms with van der Waals surface area (Å²) in [5.41, 5.74) is 9.69. The zero-order valence-corrected chi connectivity index (χ0v) is 21.1. The first kappa shape index (κ1) is 27.0. The van der Waals surface area contributed by atoms with Gasteiger partial charge in [-0.05, 0) is 37.5 Å². The van der Waals surface area contributed by atoms with Crippen LogP contribution in [0.3, 0.4) is 0 Å². The van der Waals surface area contributed by atoms with Gasteiger partial charge in [-0.15, -0.1) is 0 Å². The third-order valence-electron chi connectivity index (χ3n) is 5.98. The van der Waals surface area contributed by atoms with Gasteiger partial charge in [0.25, 0.3) is 0 Å². The summed E-state index contributed by atoms with van der Waals surface area (Å²) in [5.74, 6) is 1.31. The maximum Gasteiger partial charge on any atom is 0.207 e. The average molecular weight is 487 g/mol. The first-order valence-corrected chi connectivity index (χ1v) is 11.6. The van der Waals surface area contributed by atoms with Gasteiger partial charge in [-0.25, -0.2) is 4.98 Å². The lowest BCUT2D eigenvalue weighted by atomic mass is 9.61. The molecule has 186 valence electrons. The number of fused-ring (bicyclic) bond motifs is 1. The van der Waals surface area contributed by atoms with Crippen molar-refractivity contribution in [3.63, 3.8) is 0 Å². The normalized spacial score (nSPS) is 14.0. The van der Waals surface area contributed by atoms with E-state index in [0.717, 1.165) is 17.8 Å². The van der Waals surface area contributed by atoms with Crippen molar-refractivity contribution in [2.45, 2.75) is 44.0 Å². The highest BCUT2D eigenvalue weighted by Gasteiger charge is 2.22. The Morgan fingerprint density at radius 3 is 2.61 bits per heavy atom. The first-order valence-electron chi connectivity index (χ1n) is 11.6. The molecule has 0 unspecified atom stereocenters. The highest BCUT2D eigenvalue weighted by molar-refractivity contribution is 6.39. The Labute approximate surface area is 213 Å². The molecule has 1 amide bonds. The summed E-state index contributed by atoms with van der Waals surface area (Å²) >= 11 is 0. The van der Waals surface area contributed by atoms with Crippen molar-refractivity contribution < 1.29 is 9.53 Å². The molecule has 2 heterocycles. The quantitative estimate of drug-likeness (QED) is 0.166. The molecule has 11 nitrogen and oxygen atoms in total. The van der Waals surface area contributed by atoms with Crippen LogP contribution in [0.1, 0.15) is 36.8 Å². The monoisotopic (exact) mass is 487 g/mol. The molecule has 4 radical (unpaired) electrons. The molecular weight excluding hydrogens is 456 g/mol. The fraction of sp³-hybridized carbons (Fsp3) is 0.435. The van der Waals surface area contributed by atoms with Crippen molar-refractivity contribution >= 4 is 56.4 Å². The average Bonchev–Trinajstić information content (AvgIpc) is 3.52. The molecule has 1 saturated carbocycles. The van der Waals surface area contributed by atoms with Crippen LogP contribution in [0.2, 0.25) is 0 Å². The number of carbonyl (C=O) groups is 1. The molecule has 2 aromatic heterocycles. The number of azo groups is 1. The Bertz CT molecular complexity index is 1220. The summed E-state index contributed by atoms with van der Waals surface area (Å²) in [6, 6.07) is 5.63. The van der Waals surface area contributed by atoms with Crippen LogP contribution in [-0.4, -0.2) is 63.9 Å². The molecule has 13 heteroatoms. The van der Waals surface area contributed by atoms with Crippen LogP contribution in [-0.2, 0) is 14.9 Å². The Balaban J connectivity index is 0.000000383. The van der Waals surface area contributed by atoms with E-state index in [9.17, 15) is 4.79 Å². The van der Waals surface area contributed by atoms with Crippen LogP contribution >= 0.6 is 0 Å². The fourth-order valence-corrected chi connectivity index (χ4v) is 3.92.